The molecular formula is C44H42F5N3O4. The SMILES string of the molecule is CC1C(CN2CCN(Cc3ccccc3)CC2)OC(c2cccc(-c3cccc(CNC(=O)c4c(F)c(F)c(F)c(F)c4F)c3)c2)OC1c1ccc(CO)cc1. The first-order valence-corrected chi connectivity index (χ1v) is 18.6. The smallest absolute Gasteiger partial charge is 0.257 e. The molecule has 4 atom stereocenters. The number of rotatable bonds is 11. The van der Waals surface area contributed by atoms with Crippen molar-refractivity contribution in [3.05, 3.63) is 166 Å². The summed E-state index contributed by atoms with van der Waals surface area (Å²) in [5.41, 5.74) is 4.41. The predicted molar refractivity (Wildman–Crippen MR) is 200 cm³/mol. The third-order valence-corrected chi connectivity index (χ3v) is 10.6. The molecule has 0 saturated carbocycles. The van der Waals surface area contributed by atoms with Crippen LogP contribution in [0.4, 0.5) is 22.0 Å². The second kappa shape index (κ2) is 17.4. The van der Waals surface area contributed by atoms with Crippen LogP contribution in [0.2, 0.25) is 0 Å². The van der Waals surface area contributed by atoms with E-state index >= 15 is 0 Å². The van der Waals surface area contributed by atoms with E-state index in [0.717, 1.165) is 67.1 Å². The van der Waals surface area contributed by atoms with Gasteiger partial charge in [0.05, 0.1) is 18.8 Å². The van der Waals surface area contributed by atoms with Crippen LogP contribution in [0.1, 0.15) is 57.5 Å². The van der Waals surface area contributed by atoms with Crippen molar-refractivity contribution in [2.45, 2.75) is 45.1 Å². The number of aliphatic hydroxyl groups is 1. The number of nitrogens with one attached hydrogen (secondary N) is 1. The maximum Gasteiger partial charge on any atom is 0.257 e. The fourth-order valence-electron chi connectivity index (χ4n) is 7.35. The van der Waals surface area contributed by atoms with Crippen LogP contribution in [0.25, 0.3) is 11.1 Å². The van der Waals surface area contributed by atoms with E-state index in [4.69, 9.17) is 9.47 Å². The van der Waals surface area contributed by atoms with Gasteiger partial charge in [-0.25, -0.2) is 22.0 Å². The van der Waals surface area contributed by atoms with Crippen LogP contribution in [-0.2, 0) is 29.2 Å². The molecule has 0 aliphatic carbocycles. The fourth-order valence-corrected chi connectivity index (χ4v) is 7.35. The lowest BCUT2D eigenvalue weighted by molar-refractivity contribution is -0.276. The molecule has 2 aliphatic heterocycles. The van der Waals surface area contributed by atoms with Gasteiger partial charge in [0.25, 0.3) is 5.91 Å². The molecule has 12 heteroatoms. The lowest BCUT2D eigenvalue weighted by atomic mass is 9.89. The highest BCUT2D eigenvalue weighted by atomic mass is 19.2. The summed E-state index contributed by atoms with van der Waals surface area (Å²) >= 11 is 0. The van der Waals surface area contributed by atoms with Gasteiger partial charge in [-0.05, 0) is 45.5 Å². The molecule has 4 unspecified atom stereocenters. The summed E-state index contributed by atoms with van der Waals surface area (Å²) in [7, 11) is 0. The Morgan fingerprint density at radius 1 is 0.679 bits per heavy atom. The Labute approximate surface area is 322 Å². The molecule has 2 aliphatic rings. The zero-order valence-corrected chi connectivity index (χ0v) is 30.7. The summed E-state index contributed by atoms with van der Waals surface area (Å²) in [6.07, 6.45) is -1.16. The highest BCUT2D eigenvalue weighted by Crippen LogP contribution is 2.42. The number of carbonyl (C=O) groups excluding carboxylic acids is 1. The molecule has 5 aromatic rings. The van der Waals surface area contributed by atoms with Crippen LogP contribution >= 0.6 is 0 Å². The Kier molecular flexibility index (Phi) is 12.2. The summed E-state index contributed by atoms with van der Waals surface area (Å²) < 4.78 is 82.9. The molecule has 7 rings (SSSR count). The summed E-state index contributed by atoms with van der Waals surface area (Å²) in [6.45, 7) is 7.21. The van der Waals surface area contributed by atoms with Gasteiger partial charge in [-0.3, -0.25) is 14.6 Å². The minimum absolute atomic E-state index is 0.00787. The number of aliphatic hydroxyl groups excluding tert-OH is 1. The van der Waals surface area contributed by atoms with Crippen molar-refractivity contribution >= 4 is 5.91 Å². The number of ether oxygens (including phenoxy) is 2. The average Bonchev–Trinajstić information content (AvgIpc) is 3.23. The number of amides is 1. The second-order valence-corrected chi connectivity index (χ2v) is 14.3. The Hall–Kier alpha value is -4.98. The van der Waals surface area contributed by atoms with Crippen molar-refractivity contribution in [2.75, 3.05) is 32.7 Å². The van der Waals surface area contributed by atoms with Gasteiger partial charge >= 0.3 is 0 Å². The highest BCUT2D eigenvalue weighted by Gasteiger charge is 2.39. The summed E-state index contributed by atoms with van der Waals surface area (Å²) in [6, 6.07) is 32.9. The van der Waals surface area contributed by atoms with E-state index in [1.807, 2.05) is 60.7 Å². The first kappa shape index (κ1) is 39.3. The maximum absolute atomic E-state index is 14.2. The van der Waals surface area contributed by atoms with Crippen molar-refractivity contribution in [1.29, 1.82) is 0 Å². The van der Waals surface area contributed by atoms with Crippen LogP contribution in [0.3, 0.4) is 0 Å². The van der Waals surface area contributed by atoms with Gasteiger partial charge in [-0.15, -0.1) is 0 Å². The third-order valence-electron chi connectivity index (χ3n) is 10.6. The fraction of sp³-hybridized carbons (Fsp3) is 0.295. The molecule has 0 radical (unpaired) electrons. The minimum Gasteiger partial charge on any atom is -0.392 e. The minimum atomic E-state index is -2.33. The van der Waals surface area contributed by atoms with Crippen LogP contribution in [0.15, 0.2) is 103 Å². The number of halogens is 5. The van der Waals surface area contributed by atoms with Gasteiger partial charge < -0.3 is 19.9 Å². The summed E-state index contributed by atoms with van der Waals surface area (Å²) in [5.74, 6) is -12.5. The molecule has 2 heterocycles. The average molecular weight is 772 g/mol. The van der Waals surface area contributed by atoms with E-state index in [1.54, 1.807) is 18.2 Å². The molecule has 5 aromatic carbocycles. The largest absolute Gasteiger partial charge is 0.392 e. The molecule has 1 amide bonds. The van der Waals surface area contributed by atoms with E-state index in [2.05, 4.69) is 46.3 Å². The van der Waals surface area contributed by atoms with Crippen molar-refractivity contribution in [1.82, 2.24) is 15.1 Å². The third kappa shape index (κ3) is 8.69. The lowest BCUT2D eigenvalue weighted by Crippen LogP contribution is -2.51. The summed E-state index contributed by atoms with van der Waals surface area (Å²) in [4.78, 5) is 17.5. The van der Waals surface area contributed by atoms with E-state index in [-0.39, 0.29) is 31.3 Å². The van der Waals surface area contributed by atoms with Gasteiger partial charge in [0.1, 0.15) is 5.56 Å². The molecular weight excluding hydrogens is 729 g/mol. The van der Waals surface area contributed by atoms with Crippen LogP contribution in [0, 0.1) is 35.0 Å². The van der Waals surface area contributed by atoms with Crippen molar-refractivity contribution in [3.63, 3.8) is 0 Å². The second-order valence-electron chi connectivity index (χ2n) is 14.3. The Morgan fingerprint density at radius 2 is 1.29 bits per heavy atom. The van der Waals surface area contributed by atoms with Gasteiger partial charge in [0.15, 0.2) is 29.6 Å². The summed E-state index contributed by atoms with van der Waals surface area (Å²) in [5, 5.41) is 11.9. The normalized spacial score (nSPS) is 20.6. The van der Waals surface area contributed by atoms with Gasteiger partial charge in [-0.1, -0.05) is 97.9 Å². The number of piperazine rings is 1. The first-order valence-electron chi connectivity index (χ1n) is 18.6. The number of carbonyl (C=O) groups is 1. The molecule has 292 valence electrons. The maximum atomic E-state index is 14.2. The topological polar surface area (TPSA) is 74.3 Å². The quantitative estimate of drug-likeness (QED) is 0.0805. The number of hydrogen-bond acceptors (Lipinski definition) is 6. The van der Waals surface area contributed by atoms with Crippen molar-refractivity contribution in [3.8, 4) is 11.1 Å². The van der Waals surface area contributed by atoms with Gasteiger partial charge in [-0.2, -0.15) is 0 Å². The van der Waals surface area contributed by atoms with E-state index in [0.29, 0.717) is 5.56 Å². The van der Waals surface area contributed by atoms with Crippen molar-refractivity contribution in [2.24, 2.45) is 5.92 Å². The zero-order valence-electron chi connectivity index (χ0n) is 30.7. The van der Waals surface area contributed by atoms with Crippen LogP contribution in [0.5, 0.6) is 0 Å². The highest BCUT2D eigenvalue weighted by molar-refractivity contribution is 5.94. The Balaban J connectivity index is 1.07. The monoisotopic (exact) mass is 771 g/mol. The molecule has 0 bridgehead atoms. The van der Waals surface area contributed by atoms with E-state index in [1.165, 1.54) is 5.56 Å². The molecule has 0 spiro atoms. The van der Waals surface area contributed by atoms with E-state index in [9.17, 15) is 31.9 Å². The lowest BCUT2D eigenvalue weighted by Gasteiger charge is -2.44. The molecule has 2 saturated heterocycles. The standard InChI is InChI=1S/C44H42F5N3O4/c1-27-35(25-52-19-17-51(18-20-52)24-28-7-3-2-4-8-28)55-44(56-42(27)31-15-13-29(26-53)14-16-31)34-12-6-11-33(22-34)32-10-5-9-30(21-32)23-50-43(54)36-37(45)39(47)41(49)40(48)38(36)46/h2-16,21-22,27,35,42,44,53H,17-20,23-26H2,1H3,(H,50,54). The van der Waals surface area contributed by atoms with Crippen molar-refractivity contribution < 1.29 is 41.3 Å². The Morgan fingerprint density at radius 3 is 1.96 bits per heavy atom. The number of hydrogen-bond donors (Lipinski definition) is 2. The predicted octanol–water partition coefficient (Wildman–Crippen LogP) is 8.08. The number of nitrogens with zero attached hydrogens (tertiary/aromatic N) is 2. The Bertz CT molecular complexity index is 2120. The first-order chi connectivity index (χ1) is 27.1. The van der Waals surface area contributed by atoms with Gasteiger partial charge in [0.2, 0.25) is 5.82 Å². The molecule has 7 nitrogen and oxygen atoms in total. The van der Waals surface area contributed by atoms with Gasteiger partial charge in [0, 0.05) is 57.3 Å². The van der Waals surface area contributed by atoms with E-state index < -0.39 is 46.8 Å². The van der Waals surface area contributed by atoms with Crippen LogP contribution < -0.4 is 5.32 Å². The molecule has 2 fully saturated rings. The molecule has 0 aromatic heterocycles. The van der Waals surface area contributed by atoms with Crippen LogP contribution in [-0.4, -0.2) is 59.6 Å². The number of benzene rings is 5. The molecule has 2 N–H and O–H groups in total. The molecule has 56 heavy (non-hydrogen) atoms. The zero-order chi connectivity index (χ0) is 39.3.